The lowest BCUT2D eigenvalue weighted by atomic mass is 10.0. The Kier molecular flexibility index (Phi) is 6.64. The van der Waals surface area contributed by atoms with Gasteiger partial charge in [-0.3, -0.25) is 4.79 Å². The van der Waals surface area contributed by atoms with Gasteiger partial charge in [-0.1, -0.05) is 42.5 Å². The van der Waals surface area contributed by atoms with E-state index in [2.05, 4.69) is 10.2 Å². The van der Waals surface area contributed by atoms with Crippen LogP contribution in [0.3, 0.4) is 0 Å². The largest absolute Gasteiger partial charge is 0.370 e. The monoisotopic (exact) mass is 469 g/mol. The van der Waals surface area contributed by atoms with E-state index in [1.807, 2.05) is 68.6 Å². The first-order valence-electron chi connectivity index (χ1n) is 10.6. The molecule has 1 N–H and O–H groups in total. The molecule has 2 aromatic carbocycles. The van der Waals surface area contributed by atoms with Crippen molar-refractivity contribution < 1.29 is 13.2 Å². The summed E-state index contributed by atoms with van der Waals surface area (Å²) in [6.07, 6.45) is 0.671. The lowest BCUT2D eigenvalue weighted by molar-refractivity contribution is 0.0952. The van der Waals surface area contributed by atoms with Crippen LogP contribution in [0.25, 0.3) is 0 Å². The average Bonchev–Trinajstić information content (AvgIpc) is 3.33. The number of thiophene rings is 1. The van der Waals surface area contributed by atoms with Gasteiger partial charge in [-0.2, -0.15) is 4.31 Å². The molecule has 32 heavy (non-hydrogen) atoms. The molecule has 0 aliphatic carbocycles. The lowest BCUT2D eigenvalue weighted by Crippen LogP contribution is -2.41. The van der Waals surface area contributed by atoms with Crippen LogP contribution in [0.1, 0.15) is 27.7 Å². The molecule has 4 rings (SSSR count). The highest BCUT2D eigenvalue weighted by molar-refractivity contribution is 7.89. The Morgan fingerprint density at radius 2 is 1.78 bits per heavy atom. The fourth-order valence-corrected chi connectivity index (χ4v) is 6.59. The zero-order valence-electron chi connectivity index (χ0n) is 18.2. The Morgan fingerprint density at radius 3 is 2.53 bits per heavy atom. The van der Waals surface area contributed by atoms with Crippen LogP contribution in [0, 0.1) is 0 Å². The number of likely N-dealkylation sites (N-methyl/N-ethyl adjacent to an activating group) is 1. The molecular formula is C24H27N3O3S2. The van der Waals surface area contributed by atoms with Gasteiger partial charge in [0.2, 0.25) is 10.0 Å². The molecule has 0 radical (unpaired) electrons. The number of carbonyl (C=O) groups is 1. The summed E-state index contributed by atoms with van der Waals surface area (Å²) in [5.74, 6) is -0.357. The zero-order chi connectivity index (χ0) is 22.7. The van der Waals surface area contributed by atoms with Gasteiger partial charge in [-0.05, 0) is 48.1 Å². The van der Waals surface area contributed by atoms with Crippen molar-refractivity contribution in [3.63, 3.8) is 0 Å². The molecule has 1 aliphatic rings. The molecule has 1 unspecified atom stereocenters. The van der Waals surface area contributed by atoms with Crippen LogP contribution in [0.2, 0.25) is 0 Å². The summed E-state index contributed by atoms with van der Waals surface area (Å²) < 4.78 is 28.2. The first-order valence-corrected chi connectivity index (χ1v) is 12.9. The van der Waals surface area contributed by atoms with E-state index in [0.717, 1.165) is 22.6 Å². The summed E-state index contributed by atoms with van der Waals surface area (Å²) in [5.41, 5.74) is 3.25. The van der Waals surface area contributed by atoms with Crippen LogP contribution < -0.4 is 10.2 Å². The van der Waals surface area contributed by atoms with Gasteiger partial charge in [0.1, 0.15) is 9.77 Å². The highest BCUT2D eigenvalue weighted by Gasteiger charge is 2.32. The first kappa shape index (κ1) is 22.5. The van der Waals surface area contributed by atoms with Crippen molar-refractivity contribution in [3.05, 3.63) is 82.0 Å². The van der Waals surface area contributed by atoms with E-state index in [1.54, 1.807) is 5.38 Å². The summed E-state index contributed by atoms with van der Waals surface area (Å²) in [6.45, 7) is 3.16. The predicted molar refractivity (Wildman–Crippen MR) is 129 cm³/mol. The van der Waals surface area contributed by atoms with E-state index < -0.39 is 10.0 Å². The third-order valence-electron chi connectivity index (χ3n) is 5.93. The van der Waals surface area contributed by atoms with Crippen LogP contribution in [-0.4, -0.2) is 44.8 Å². The van der Waals surface area contributed by atoms with Gasteiger partial charge >= 0.3 is 0 Å². The predicted octanol–water partition coefficient (Wildman–Crippen LogP) is 3.75. The van der Waals surface area contributed by atoms with E-state index in [-0.39, 0.29) is 21.7 Å². The molecule has 3 aromatic rings. The number of rotatable bonds is 7. The van der Waals surface area contributed by atoms with E-state index in [1.165, 1.54) is 15.9 Å². The molecule has 0 bridgehead atoms. The number of carbonyl (C=O) groups excluding carboxylic acids is 1. The third-order valence-corrected chi connectivity index (χ3v) is 8.86. The molecule has 0 spiro atoms. The van der Waals surface area contributed by atoms with Gasteiger partial charge < -0.3 is 10.2 Å². The SMILES string of the molecule is CC(CNC(=O)c1sccc1S(=O)(=O)N1CCc2ccccc2C1)N(C)c1ccccc1. The minimum absolute atomic E-state index is 0.0416. The van der Waals surface area contributed by atoms with Crippen LogP contribution in [0.4, 0.5) is 5.69 Å². The molecular weight excluding hydrogens is 442 g/mol. The van der Waals surface area contributed by atoms with Gasteiger partial charge in [0.25, 0.3) is 5.91 Å². The summed E-state index contributed by atoms with van der Waals surface area (Å²) >= 11 is 1.16. The van der Waals surface area contributed by atoms with Gasteiger partial charge in [0.05, 0.1) is 0 Å². The Morgan fingerprint density at radius 1 is 1.09 bits per heavy atom. The minimum Gasteiger partial charge on any atom is -0.370 e. The topological polar surface area (TPSA) is 69.7 Å². The fourth-order valence-electron chi connectivity index (χ4n) is 3.86. The van der Waals surface area contributed by atoms with Crippen molar-refractivity contribution in [2.75, 3.05) is 25.0 Å². The summed E-state index contributed by atoms with van der Waals surface area (Å²) in [7, 11) is -1.79. The van der Waals surface area contributed by atoms with Crippen molar-refractivity contribution in [2.24, 2.45) is 0 Å². The lowest BCUT2D eigenvalue weighted by Gasteiger charge is -2.28. The molecule has 1 aromatic heterocycles. The quantitative estimate of drug-likeness (QED) is 0.572. The minimum atomic E-state index is -3.76. The highest BCUT2D eigenvalue weighted by Crippen LogP contribution is 2.29. The van der Waals surface area contributed by atoms with Gasteiger partial charge in [0, 0.05) is 38.4 Å². The van der Waals surface area contributed by atoms with Crippen molar-refractivity contribution in [3.8, 4) is 0 Å². The summed E-state index contributed by atoms with van der Waals surface area (Å²) in [5, 5.41) is 4.58. The Bertz CT molecular complexity index is 1190. The zero-order valence-corrected chi connectivity index (χ0v) is 19.8. The van der Waals surface area contributed by atoms with Gasteiger partial charge in [-0.25, -0.2) is 8.42 Å². The van der Waals surface area contributed by atoms with Gasteiger partial charge in [0.15, 0.2) is 0 Å². The Hall–Kier alpha value is -2.68. The maximum absolute atomic E-state index is 13.4. The van der Waals surface area contributed by atoms with E-state index in [0.29, 0.717) is 26.1 Å². The van der Waals surface area contributed by atoms with Crippen molar-refractivity contribution >= 4 is 33.0 Å². The first-order chi connectivity index (χ1) is 15.4. The van der Waals surface area contributed by atoms with Crippen LogP contribution >= 0.6 is 11.3 Å². The van der Waals surface area contributed by atoms with Crippen LogP contribution in [-0.2, 0) is 23.0 Å². The Labute approximate surface area is 193 Å². The second-order valence-corrected chi connectivity index (χ2v) is 10.8. The van der Waals surface area contributed by atoms with E-state index in [4.69, 9.17) is 0 Å². The average molecular weight is 470 g/mol. The molecule has 1 amide bonds. The number of fused-ring (bicyclic) bond motifs is 1. The number of nitrogens with zero attached hydrogens (tertiary/aromatic N) is 2. The second kappa shape index (κ2) is 9.44. The normalized spacial score (nSPS) is 15.1. The number of sulfonamides is 1. The number of hydrogen-bond donors (Lipinski definition) is 1. The molecule has 0 fully saturated rings. The third kappa shape index (κ3) is 4.57. The van der Waals surface area contributed by atoms with Crippen LogP contribution in [0.15, 0.2) is 70.9 Å². The fraction of sp³-hybridized carbons (Fsp3) is 0.292. The summed E-state index contributed by atoms with van der Waals surface area (Å²) in [4.78, 5) is 15.3. The number of nitrogens with one attached hydrogen (secondary N) is 1. The molecule has 6 nitrogen and oxygen atoms in total. The van der Waals surface area contributed by atoms with Crippen molar-refractivity contribution in [1.82, 2.24) is 9.62 Å². The molecule has 2 heterocycles. The molecule has 0 saturated carbocycles. The van der Waals surface area contributed by atoms with Crippen molar-refractivity contribution in [1.29, 1.82) is 0 Å². The molecule has 8 heteroatoms. The van der Waals surface area contributed by atoms with Gasteiger partial charge in [-0.15, -0.1) is 11.3 Å². The van der Waals surface area contributed by atoms with E-state index in [9.17, 15) is 13.2 Å². The maximum Gasteiger partial charge on any atom is 0.262 e. The highest BCUT2D eigenvalue weighted by atomic mass is 32.2. The molecule has 168 valence electrons. The summed E-state index contributed by atoms with van der Waals surface area (Å²) in [6, 6.07) is 19.4. The number of anilines is 1. The van der Waals surface area contributed by atoms with E-state index >= 15 is 0 Å². The number of para-hydroxylation sites is 1. The van der Waals surface area contributed by atoms with Crippen LogP contribution in [0.5, 0.6) is 0 Å². The Balaban J connectivity index is 1.45. The number of amides is 1. The smallest absolute Gasteiger partial charge is 0.262 e. The maximum atomic E-state index is 13.4. The number of benzene rings is 2. The number of hydrogen-bond acceptors (Lipinski definition) is 5. The molecule has 0 saturated heterocycles. The molecule has 1 aliphatic heterocycles. The van der Waals surface area contributed by atoms with Crippen molar-refractivity contribution in [2.45, 2.75) is 30.8 Å². The molecule has 1 atom stereocenters. The standard InChI is InChI=1S/C24H27N3O3S2/c1-18(26(2)21-10-4-3-5-11-21)16-25-24(28)23-22(13-15-31-23)32(29,30)27-14-12-19-8-6-7-9-20(19)17-27/h3-11,13,15,18H,12,14,16-17H2,1-2H3,(H,25,28). The second-order valence-electron chi connectivity index (χ2n) is 7.98.